The van der Waals surface area contributed by atoms with Gasteiger partial charge < -0.3 is 10.6 Å². The van der Waals surface area contributed by atoms with E-state index in [1.54, 1.807) is 19.2 Å². The first-order chi connectivity index (χ1) is 10.6. The fourth-order valence-electron chi connectivity index (χ4n) is 1.95. The van der Waals surface area contributed by atoms with E-state index in [-0.39, 0.29) is 11.6 Å². The second-order valence-electron chi connectivity index (χ2n) is 4.62. The first-order valence-corrected chi connectivity index (χ1v) is 6.75. The number of aromatic nitrogens is 1. The number of nitrogens with one attached hydrogen (secondary N) is 2. The Balaban J connectivity index is 1.91. The van der Waals surface area contributed by atoms with E-state index in [4.69, 9.17) is 0 Å². The molecule has 2 aromatic rings. The topological polar surface area (TPSA) is 97.2 Å². The van der Waals surface area contributed by atoms with Crippen molar-refractivity contribution in [2.45, 2.75) is 6.42 Å². The smallest absolute Gasteiger partial charge is 0.287 e. The molecule has 1 heterocycles. The highest BCUT2D eigenvalue weighted by atomic mass is 16.6. The molecule has 0 saturated carbocycles. The molecule has 0 unspecified atom stereocenters. The van der Waals surface area contributed by atoms with E-state index in [0.717, 1.165) is 5.56 Å². The maximum Gasteiger partial charge on any atom is 0.287 e. The average Bonchev–Trinajstić information content (AvgIpc) is 2.55. The third kappa shape index (κ3) is 4.02. The van der Waals surface area contributed by atoms with E-state index in [9.17, 15) is 14.9 Å². The van der Waals surface area contributed by atoms with Crippen molar-refractivity contribution in [3.05, 3.63) is 63.8 Å². The summed E-state index contributed by atoms with van der Waals surface area (Å²) in [6, 6.07) is 10.3. The lowest BCUT2D eigenvalue weighted by molar-refractivity contribution is -0.385. The molecule has 0 saturated heterocycles. The summed E-state index contributed by atoms with van der Waals surface area (Å²) in [4.78, 5) is 25.6. The van der Waals surface area contributed by atoms with Crippen molar-refractivity contribution in [1.29, 1.82) is 0 Å². The minimum atomic E-state index is -0.485. The monoisotopic (exact) mass is 300 g/mol. The molecule has 114 valence electrons. The van der Waals surface area contributed by atoms with Gasteiger partial charge in [-0.25, -0.2) is 4.98 Å². The van der Waals surface area contributed by atoms with Gasteiger partial charge in [-0.3, -0.25) is 14.9 Å². The Hall–Kier alpha value is -2.96. The Morgan fingerprint density at radius 3 is 2.77 bits per heavy atom. The minimum Gasteiger partial charge on any atom is -0.370 e. The minimum absolute atomic E-state index is 0.0381. The molecule has 1 amide bonds. The Morgan fingerprint density at radius 2 is 2.14 bits per heavy atom. The van der Waals surface area contributed by atoms with Gasteiger partial charge >= 0.3 is 0 Å². The Morgan fingerprint density at radius 1 is 1.32 bits per heavy atom. The SMILES string of the molecule is CNC(=O)c1cccc(CCNc2ccc([N+](=O)[O-])cn2)c1. The predicted octanol–water partition coefficient (Wildman–Crippen LogP) is 2.00. The summed E-state index contributed by atoms with van der Waals surface area (Å²) in [5.41, 5.74) is 1.60. The third-order valence-electron chi connectivity index (χ3n) is 3.09. The fourth-order valence-corrected chi connectivity index (χ4v) is 1.95. The lowest BCUT2D eigenvalue weighted by Gasteiger charge is -2.07. The van der Waals surface area contributed by atoms with Crippen molar-refractivity contribution in [1.82, 2.24) is 10.3 Å². The van der Waals surface area contributed by atoms with E-state index in [2.05, 4.69) is 15.6 Å². The maximum atomic E-state index is 11.6. The standard InChI is InChI=1S/C15H16N4O3/c1-16-15(20)12-4-2-3-11(9-12)7-8-17-14-6-5-13(10-18-14)19(21)22/h2-6,9-10H,7-8H2,1H3,(H,16,20)(H,17,18). The van der Waals surface area contributed by atoms with E-state index in [1.807, 2.05) is 18.2 Å². The normalized spacial score (nSPS) is 10.0. The summed E-state index contributed by atoms with van der Waals surface area (Å²) in [6.07, 6.45) is 1.93. The van der Waals surface area contributed by atoms with E-state index in [0.29, 0.717) is 24.3 Å². The van der Waals surface area contributed by atoms with Crippen LogP contribution in [-0.4, -0.2) is 29.4 Å². The second kappa shape index (κ2) is 7.16. The molecule has 0 fully saturated rings. The quantitative estimate of drug-likeness (QED) is 0.628. The van der Waals surface area contributed by atoms with Crippen LogP contribution in [0.3, 0.4) is 0 Å². The lowest BCUT2D eigenvalue weighted by Crippen LogP contribution is -2.18. The molecular formula is C15H16N4O3. The van der Waals surface area contributed by atoms with Crippen molar-refractivity contribution in [3.8, 4) is 0 Å². The Kier molecular flexibility index (Phi) is 5.02. The van der Waals surface area contributed by atoms with Gasteiger partial charge in [-0.05, 0) is 30.2 Å². The van der Waals surface area contributed by atoms with Gasteiger partial charge in [-0.2, -0.15) is 0 Å². The van der Waals surface area contributed by atoms with E-state index >= 15 is 0 Å². The number of hydrogen-bond acceptors (Lipinski definition) is 5. The number of nitro groups is 1. The van der Waals surface area contributed by atoms with Crippen LogP contribution in [0.1, 0.15) is 15.9 Å². The van der Waals surface area contributed by atoms with Crippen molar-refractivity contribution in [3.63, 3.8) is 0 Å². The van der Waals surface area contributed by atoms with E-state index < -0.39 is 4.92 Å². The zero-order valence-corrected chi connectivity index (χ0v) is 12.1. The number of rotatable bonds is 6. The van der Waals surface area contributed by atoms with Crippen LogP contribution in [0.25, 0.3) is 0 Å². The van der Waals surface area contributed by atoms with Crippen molar-refractivity contribution in [2.75, 3.05) is 18.9 Å². The van der Waals surface area contributed by atoms with Gasteiger partial charge in [0.1, 0.15) is 12.0 Å². The van der Waals surface area contributed by atoms with Gasteiger partial charge in [0.25, 0.3) is 11.6 Å². The first-order valence-electron chi connectivity index (χ1n) is 6.75. The summed E-state index contributed by atoms with van der Waals surface area (Å²) in [5, 5.41) is 16.2. The maximum absolute atomic E-state index is 11.6. The highest BCUT2D eigenvalue weighted by molar-refractivity contribution is 5.94. The van der Waals surface area contributed by atoms with E-state index in [1.165, 1.54) is 12.3 Å². The molecule has 0 aliphatic rings. The van der Waals surface area contributed by atoms with Crippen LogP contribution in [-0.2, 0) is 6.42 Å². The molecule has 0 spiro atoms. The number of hydrogen-bond donors (Lipinski definition) is 2. The molecule has 0 atom stereocenters. The molecule has 7 heteroatoms. The second-order valence-corrected chi connectivity index (χ2v) is 4.62. The molecule has 2 N–H and O–H groups in total. The third-order valence-corrected chi connectivity index (χ3v) is 3.09. The molecule has 0 radical (unpaired) electrons. The molecule has 0 bridgehead atoms. The van der Waals surface area contributed by atoms with Crippen LogP contribution in [0.2, 0.25) is 0 Å². The average molecular weight is 300 g/mol. The number of amides is 1. The zero-order chi connectivity index (χ0) is 15.9. The van der Waals surface area contributed by atoms with Gasteiger partial charge in [0.15, 0.2) is 0 Å². The highest BCUT2D eigenvalue weighted by Crippen LogP contribution is 2.12. The number of carbonyl (C=O) groups excluding carboxylic acids is 1. The number of nitrogens with zero attached hydrogens (tertiary/aromatic N) is 2. The Bertz CT molecular complexity index is 671. The highest BCUT2D eigenvalue weighted by Gasteiger charge is 2.06. The number of benzene rings is 1. The van der Waals surface area contributed by atoms with Crippen molar-refractivity contribution < 1.29 is 9.72 Å². The number of anilines is 1. The van der Waals surface area contributed by atoms with Gasteiger partial charge in [0, 0.05) is 25.2 Å². The molecule has 1 aromatic carbocycles. The van der Waals surface area contributed by atoms with Crippen LogP contribution >= 0.6 is 0 Å². The van der Waals surface area contributed by atoms with Crippen molar-refractivity contribution >= 4 is 17.4 Å². The number of carbonyl (C=O) groups is 1. The molecule has 0 aliphatic carbocycles. The van der Waals surface area contributed by atoms with Crippen LogP contribution in [0.5, 0.6) is 0 Å². The number of pyridine rings is 1. The van der Waals surface area contributed by atoms with Crippen LogP contribution in [0, 0.1) is 10.1 Å². The first kappa shape index (κ1) is 15.4. The largest absolute Gasteiger partial charge is 0.370 e. The Labute approximate surface area is 127 Å². The molecule has 1 aromatic heterocycles. The molecule has 2 rings (SSSR count). The summed E-state index contributed by atoms with van der Waals surface area (Å²) in [6.45, 7) is 0.613. The van der Waals surface area contributed by atoms with Crippen LogP contribution < -0.4 is 10.6 Å². The van der Waals surface area contributed by atoms with Gasteiger partial charge in [0.2, 0.25) is 0 Å². The van der Waals surface area contributed by atoms with Gasteiger partial charge in [-0.15, -0.1) is 0 Å². The van der Waals surface area contributed by atoms with Gasteiger partial charge in [0.05, 0.1) is 4.92 Å². The summed E-state index contributed by atoms with van der Waals surface area (Å²) in [5.74, 6) is 0.458. The molecule has 0 aliphatic heterocycles. The lowest BCUT2D eigenvalue weighted by atomic mass is 10.1. The zero-order valence-electron chi connectivity index (χ0n) is 12.1. The van der Waals surface area contributed by atoms with Gasteiger partial charge in [-0.1, -0.05) is 12.1 Å². The summed E-state index contributed by atoms with van der Waals surface area (Å²) in [7, 11) is 1.59. The van der Waals surface area contributed by atoms with Crippen LogP contribution in [0.4, 0.5) is 11.5 Å². The van der Waals surface area contributed by atoms with Crippen LogP contribution in [0.15, 0.2) is 42.6 Å². The van der Waals surface area contributed by atoms with Crippen molar-refractivity contribution in [2.24, 2.45) is 0 Å². The fraction of sp³-hybridized carbons (Fsp3) is 0.200. The molecular weight excluding hydrogens is 284 g/mol. The summed E-state index contributed by atoms with van der Waals surface area (Å²) < 4.78 is 0. The molecule has 7 nitrogen and oxygen atoms in total. The predicted molar refractivity (Wildman–Crippen MR) is 82.9 cm³/mol. The molecule has 22 heavy (non-hydrogen) atoms. The summed E-state index contributed by atoms with van der Waals surface area (Å²) >= 11 is 0.